The number of Topliss-reactive ketones (excluding diaryl/α,β-unsaturated/α-hetero) is 1. The summed E-state index contributed by atoms with van der Waals surface area (Å²) in [6.45, 7) is 1.59. The molecule has 0 saturated carbocycles. The van der Waals surface area contributed by atoms with Gasteiger partial charge >= 0.3 is 194 Å². The van der Waals surface area contributed by atoms with Crippen LogP contribution < -0.4 is 15.9 Å². The van der Waals surface area contributed by atoms with Gasteiger partial charge in [-0.3, -0.25) is 0 Å². The summed E-state index contributed by atoms with van der Waals surface area (Å²) in [5.41, 5.74) is 1.68. The molecule has 0 spiro atoms. The van der Waals surface area contributed by atoms with Gasteiger partial charge in [-0.25, -0.2) is 0 Å². The quantitative estimate of drug-likeness (QED) is 0.137. The zero-order valence-corrected chi connectivity index (χ0v) is 20.3. The SMILES string of the molecule is CC(=O)c1ccc(C#[C][Au][PH](c2ccccc2)(c2ccccc2)c2ccccc2)cc1. The molecule has 4 aromatic rings. The Labute approximate surface area is 193 Å². The van der Waals surface area contributed by atoms with Crippen LogP contribution in [0.5, 0.6) is 0 Å². The fraction of sp³-hybridized carbons (Fsp3) is 0.0357. The second kappa shape index (κ2) is 10.1. The van der Waals surface area contributed by atoms with Crippen molar-refractivity contribution in [1.82, 2.24) is 0 Å². The topological polar surface area (TPSA) is 17.1 Å². The molecule has 1 nitrogen and oxygen atoms in total. The van der Waals surface area contributed by atoms with Gasteiger partial charge < -0.3 is 0 Å². The van der Waals surface area contributed by atoms with E-state index in [0.29, 0.717) is 0 Å². The van der Waals surface area contributed by atoms with Crippen LogP contribution >= 0.6 is 5.15 Å². The van der Waals surface area contributed by atoms with E-state index in [0.717, 1.165) is 11.1 Å². The van der Waals surface area contributed by atoms with Crippen LogP contribution in [0.15, 0.2) is 115 Å². The van der Waals surface area contributed by atoms with Gasteiger partial charge in [0.25, 0.3) is 0 Å². The normalized spacial score (nSPS) is 11.4. The molecule has 31 heavy (non-hydrogen) atoms. The van der Waals surface area contributed by atoms with Crippen molar-refractivity contribution in [2.24, 2.45) is 0 Å². The number of benzene rings is 4. The summed E-state index contributed by atoms with van der Waals surface area (Å²) in [4.78, 5) is 11.5. The average molecular weight is 603 g/mol. The predicted molar refractivity (Wildman–Crippen MR) is 130 cm³/mol. The van der Waals surface area contributed by atoms with Gasteiger partial charge in [0.15, 0.2) is 0 Å². The summed E-state index contributed by atoms with van der Waals surface area (Å²) >= 11 is -0.351. The van der Waals surface area contributed by atoms with Crippen LogP contribution in [0.1, 0.15) is 22.8 Å². The molecule has 0 unspecified atom stereocenters. The molecule has 157 valence electrons. The third-order valence-corrected chi connectivity index (χ3v) is 17.8. The zero-order chi connectivity index (χ0) is 21.5. The Hall–Kier alpha value is -2.72. The van der Waals surface area contributed by atoms with E-state index >= 15 is 0 Å². The number of carbonyl (C=O) groups excluding carboxylic acids is 1. The number of hydrogen-bond donors (Lipinski definition) is 0. The molecular weight excluding hydrogens is 580 g/mol. The first-order chi connectivity index (χ1) is 15.2. The molecule has 3 heteroatoms. The van der Waals surface area contributed by atoms with Gasteiger partial charge in [-0.2, -0.15) is 0 Å². The minimum absolute atomic E-state index is 0.0785. The van der Waals surface area contributed by atoms with E-state index < -0.39 is 5.15 Å². The molecule has 4 rings (SSSR count). The average Bonchev–Trinajstić information content (AvgIpc) is 2.84. The van der Waals surface area contributed by atoms with Crippen LogP contribution in [0.4, 0.5) is 0 Å². The number of ketones is 1. The Morgan fingerprint density at radius 2 is 1.06 bits per heavy atom. The molecule has 0 atom stereocenters. The molecule has 0 aromatic heterocycles. The van der Waals surface area contributed by atoms with Crippen molar-refractivity contribution in [2.45, 2.75) is 6.92 Å². The van der Waals surface area contributed by atoms with Crippen LogP contribution in [0.2, 0.25) is 0 Å². The second-order valence-corrected chi connectivity index (χ2v) is 17.2. The third-order valence-electron chi connectivity index (χ3n) is 5.07. The fourth-order valence-corrected chi connectivity index (χ4v) is 14.8. The van der Waals surface area contributed by atoms with E-state index in [9.17, 15) is 4.79 Å². The van der Waals surface area contributed by atoms with Crippen molar-refractivity contribution >= 4 is 26.8 Å². The molecule has 0 bridgehead atoms. The predicted octanol–water partition coefficient (Wildman–Crippen LogP) is 4.92. The van der Waals surface area contributed by atoms with Crippen LogP contribution in [-0.2, 0) is 19.2 Å². The van der Waals surface area contributed by atoms with Crippen molar-refractivity contribution in [3.63, 3.8) is 0 Å². The van der Waals surface area contributed by atoms with Gasteiger partial charge in [0.05, 0.1) is 0 Å². The Balaban J connectivity index is 1.82. The first kappa shape index (κ1) is 21.5. The monoisotopic (exact) mass is 603 g/mol. The van der Waals surface area contributed by atoms with Gasteiger partial charge in [0.1, 0.15) is 0 Å². The number of carbonyl (C=O) groups is 1. The van der Waals surface area contributed by atoms with E-state index in [-0.39, 0.29) is 25.0 Å². The molecule has 4 aromatic carbocycles. The molecular formula is C28H23AuOP. The van der Waals surface area contributed by atoms with Crippen molar-refractivity contribution < 1.29 is 24.0 Å². The fourth-order valence-electron chi connectivity index (χ4n) is 3.50. The van der Waals surface area contributed by atoms with Crippen LogP contribution in [-0.4, -0.2) is 5.78 Å². The number of rotatable bonds is 5. The van der Waals surface area contributed by atoms with Gasteiger partial charge in [-0.1, -0.05) is 0 Å². The summed E-state index contributed by atoms with van der Waals surface area (Å²) in [7, 11) is 0. The van der Waals surface area contributed by atoms with Gasteiger partial charge in [0, 0.05) is 0 Å². The Morgan fingerprint density at radius 3 is 1.45 bits per heavy atom. The van der Waals surface area contributed by atoms with Crippen molar-refractivity contribution in [1.29, 1.82) is 0 Å². The molecule has 0 fully saturated rings. The first-order valence-electron chi connectivity index (χ1n) is 10.1. The van der Waals surface area contributed by atoms with E-state index in [2.05, 4.69) is 101 Å². The Bertz CT molecular complexity index is 1110. The standard InChI is InChI=1S/C18H15P.C10H7O.Au/c1-4-10-16(11-5-1)19(17-12-6-2-7-13-17)18-14-8-3-9-15-18;1-3-9-4-6-10(7-5-9)8(2)11;/h1-15H;4-7H,2H3;/q;;-1/p+1. The van der Waals surface area contributed by atoms with Crippen LogP contribution in [0.25, 0.3) is 0 Å². The Kier molecular flexibility index (Phi) is 6.98. The van der Waals surface area contributed by atoms with Crippen molar-refractivity contribution in [3.05, 3.63) is 126 Å². The molecule has 0 aliphatic rings. The van der Waals surface area contributed by atoms with Gasteiger partial charge in [-0.15, -0.1) is 0 Å². The van der Waals surface area contributed by atoms with Crippen molar-refractivity contribution in [3.8, 4) is 10.1 Å². The molecule has 0 radical (unpaired) electrons. The molecule has 0 aliphatic heterocycles. The van der Waals surface area contributed by atoms with E-state index in [4.69, 9.17) is 0 Å². The molecule has 0 N–H and O–H groups in total. The summed E-state index contributed by atoms with van der Waals surface area (Å²) < 4.78 is 3.61. The number of hydrogen-bond acceptors (Lipinski definition) is 1. The molecule has 0 amide bonds. The van der Waals surface area contributed by atoms with Crippen molar-refractivity contribution in [2.75, 3.05) is 0 Å². The first-order valence-corrected chi connectivity index (χ1v) is 16.2. The summed E-state index contributed by atoms with van der Waals surface area (Å²) in [6.07, 6.45) is 0. The molecule has 0 aliphatic carbocycles. The summed E-state index contributed by atoms with van der Waals surface area (Å²) in [6, 6.07) is 40.3. The zero-order valence-electron chi connectivity index (χ0n) is 17.2. The Morgan fingerprint density at radius 1 is 0.645 bits per heavy atom. The molecule has 0 saturated heterocycles. The summed E-state index contributed by atoms with van der Waals surface area (Å²) in [5.74, 6) is 3.47. The van der Waals surface area contributed by atoms with Gasteiger partial charge in [-0.05, 0) is 0 Å². The van der Waals surface area contributed by atoms with E-state index in [1.807, 2.05) is 24.3 Å². The second-order valence-electron chi connectivity index (χ2n) is 7.11. The maximum absolute atomic E-state index is 11.5. The third kappa shape index (κ3) is 4.80. The van der Waals surface area contributed by atoms with Crippen LogP contribution in [0.3, 0.4) is 0 Å². The van der Waals surface area contributed by atoms with E-state index in [1.54, 1.807) is 6.92 Å². The van der Waals surface area contributed by atoms with Crippen LogP contribution in [0, 0.1) is 10.1 Å². The minimum atomic E-state index is -2.24. The summed E-state index contributed by atoms with van der Waals surface area (Å²) in [5, 5.41) is 1.96. The molecule has 0 heterocycles. The maximum atomic E-state index is 11.5. The van der Waals surface area contributed by atoms with Gasteiger partial charge in [0.2, 0.25) is 0 Å². The van der Waals surface area contributed by atoms with E-state index in [1.165, 1.54) is 15.9 Å².